The quantitative estimate of drug-likeness (QED) is 0.571. The fourth-order valence-corrected chi connectivity index (χ4v) is 4.23. The molecule has 1 unspecified atom stereocenters. The van der Waals surface area contributed by atoms with Crippen molar-refractivity contribution in [3.05, 3.63) is 0 Å². The highest BCUT2D eigenvalue weighted by molar-refractivity contribution is 7.99. The number of carbonyl (C=O) groups excluding carboxylic acids is 1. The molecule has 1 saturated carbocycles. The second-order valence-corrected chi connectivity index (χ2v) is 6.94. The van der Waals surface area contributed by atoms with Crippen LogP contribution >= 0.6 is 11.8 Å². The summed E-state index contributed by atoms with van der Waals surface area (Å²) in [7, 11) is 0. The molecule has 1 heterocycles. The molecule has 2 aliphatic rings. The summed E-state index contributed by atoms with van der Waals surface area (Å²) in [6, 6.07) is 0.647. The van der Waals surface area contributed by atoms with Crippen LogP contribution in [0.1, 0.15) is 45.4 Å². The summed E-state index contributed by atoms with van der Waals surface area (Å²) in [5.41, 5.74) is -0.0211. The maximum Gasteiger partial charge on any atom is 0.127 e. The van der Waals surface area contributed by atoms with Gasteiger partial charge in [-0.25, -0.2) is 0 Å². The third-order valence-corrected chi connectivity index (χ3v) is 5.56. The molecule has 0 aromatic heterocycles. The number of carbonyl (C=O) groups is 1. The third kappa shape index (κ3) is 3.47. The first-order valence-electron chi connectivity index (χ1n) is 7.04. The molecule has 1 saturated heterocycles. The highest BCUT2D eigenvalue weighted by Crippen LogP contribution is 2.35. The lowest BCUT2D eigenvalue weighted by Crippen LogP contribution is -2.47. The van der Waals surface area contributed by atoms with Crippen LogP contribution in [-0.2, 0) is 4.79 Å². The van der Waals surface area contributed by atoms with E-state index in [4.69, 9.17) is 0 Å². The summed E-state index contributed by atoms with van der Waals surface area (Å²) in [6.07, 6.45) is 8.65. The first-order valence-corrected chi connectivity index (χ1v) is 8.19. The van der Waals surface area contributed by atoms with Gasteiger partial charge in [0.2, 0.25) is 0 Å². The van der Waals surface area contributed by atoms with E-state index in [0.29, 0.717) is 6.04 Å². The zero-order chi connectivity index (χ0) is 12.1. The second kappa shape index (κ2) is 6.24. The zero-order valence-electron chi connectivity index (χ0n) is 11.0. The van der Waals surface area contributed by atoms with Crippen molar-refractivity contribution in [1.29, 1.82) is 0 Å². The lowest BCUT2D eigenvalue weighted by molar-refractivity contribution is -0.118. The number of thioether (sulfide) groups is 1. The van der Waals surface area contributed by atoms with E-state index in [1.54, 1.807) is 0 Å². The van der Waals surface area contributed by atoms with Crippen molar-refractivity contribution >= 4 is 18.0 Å². The standard InChI is InChI=1S/C14H25NOS/c1-13-10-17-9-8-15(13)11-14(12-16)6-4-2-3-5-7-14/h12-13H,2-11H2,1H3. The van der Waals surface area contributed by atoms with Crippen LogP contribution in [0.5, 0.6) is 0 Å². The summed E-state index contributed by atoms with van der Waals surface area (Å²) in [5, 5.41) is 0. The van der Waals surface area contributed by atoms with Gasteiger partial charge < -0.3 is 4.79 Å². The summed E-state index contributed by atoms with van der Waals surface area (Å²) in [6.45, 7) is 4.49. The van der Waals surface area contributed by atoms with E-state index in [0.717, 1.165) is 19.4 Å². The van der Waals surface area contributed by atoms with Crippen LogP contribution in [0.4, 0.5) is 0 Å². The molecule has 2 rings (SSSR count). The Labute approximate surface area is 110 Å². The van der Waals surface area contributed by atoms with Gasteiger partial charge in [0.15, 0.2) is 0 Å². The minimum atomic E-state index is -0.0211. The number of aldehydes is 1. The maximum absolute atomic E-state index is 11.6. The predicted molar refractivity (Wildman–Crippen MR) is 74.6 cm³/mol. The molecule has 1 atom stereocenters. The van der Waals surface area contributed by atoms with Gasteiger partial charge in [-0.2, -0.15) is 11.8 Å². The average molecular weight is 255 g/mol. The van der Waals surface area contributed by atoms with E-state index < -0.39 is 0 Å². The number of hydrogen-bond donors (Lipinski definition) is 0. The van der Waals surface area contributed by atoms with E-state index in [9.17, 15) is 4.79 Å². The topological polar surface area (TPSA) is 20.3 Å². The molecule has 3 heteroatoms. The minimum Gasteiger partial charge on any atom is -0.303 e. The van der Waals surface area contributed by atoms with Crippen molar-refractivity contribution in [3.8, 4) is 0 Å². The highest BCUT2D eigenvalue weighted by atomic mass is 32.2. The Bertz CT molecular complexity index is 249. The molecule has 0 radical (unpaired) electrons. The van der Waals surface area contributed by atoms with Crippen LogP contribution in [-0.4, -0.2) is 41.8 Å². The summed E-state index contributed by atoms with van der Waals surface area (Å²) < 4.78 is 0. The first-order chi connectivity index (χ1) is 8.26. The summed E-state index contributed by atoms with van der Waals surface area (Å²) >= 11 is 2.05. The van der Waals surface area contributed by atoms with E-state index in [-0.39, 0.29) is 5.41 Å². The van der Waals surface area contributed by atoms with Gasteiger partial charge in [-0.05, 0) is 19.8 Å². The number of rotatable bonds is 3. The molecule has 2 nitrogen and oxygen atoms in total. The van der Waals surface area contributed by atoms with Crippen LogP contribution in [0.3, 0.4) is 0 Å². The Balaban J connectivity index is 1.99. The van der Waals surface area contributed by atoms with E-state index in [1.807, 2.05) is 11.8 Å². The van der Waals surface area contributed by atoms with Crippen molar-refractivity contribution in [1.82, 2.24) is 4.90 Å². The van der Waals surface area contributed by atoms with Crippen LogP contribution in [0.2, 0.25) is 0 Å². The fraction of sp³-hybridized carbons (Fsp3) is 0.929. The fourth-order valence-electron chi connectivity index (χ4n) is 3.15. The molecular weight excluding hydrogens is 230 g/mol. The second-order valence-electron chi connectivity index (χ2n) is 5.79. The minimum absolute atomic E-state index is 0.0211. The molecule has 0 N–H and O–H groups in total. The van der Waals surface area contributed by atoms with E-state index >= 15 is 0 Å². The Hall–Kier alpha value is -0.0200. The van der Waals surface area contributed by atoms with Gasteiger partial charge in [-0.3, -0.25) is 4.90 Å². The van der Waals surface area contributed by atoms with Crippen molar-refractivity contribution in [2.75, 3.05) is 24.6 Å². The normalized spacial score (nSPS) is 30.8. The predicted octanol–water partition coefficient (Wildman–Crippen LogP) is 2.96. The molecule has 0 aromatic rings. The zero-order valence-corrected chi connectivity index (χ0v) is 11.8. The molecule has 98 valence electrons. The van der Waals surface area contributed by atoms with Crippen molar-refractivity contribution in [3.63, 3.8) is 0 Å². The van der Waals surface area contributed by atoms with Crippen LogP contribution in [0.15, 0.2) is 0 Å². The molecular formula is C14H25NOS. The highest BCUT2D eigenvalue weighted by Gasteiger charge is 2.34. The smallest absolute Gasteiger partial charge is 0.127 e. The van der Waals surface area contributed by atoms with Crippen molar-refractivity contribution < 1.29 is 4.79 Å². The summed E-state index contributed by atoms with van der Waals surface area (Å²) in [5.74, 6) is 2.47. The van der Waals surface area contributed by atoms with Crippen molar-refractivity contribution in [2.24, 2.45) is 5.41 Å². The van der Waals surface area contributed by atoms with E-state index in [1.165, 1.54) is 50.0 Å². The molecule has 17 heavy (non-hydrogen) atoms. The number of nitrogens with zero attached hydrogens (tertiary/aromatic N) is 1. The maximum atomic E-state index is 11.6. The first kappa shape index (κ1) is 13.4. The SMILES string of the molecule is CC1CSCCN1CC1(C=O)CCCCCC1. The monoisotopic (exact) mass is 255 g/mol. The summed E-state index contributed by atoms with van der Waals surface area (Å²) in [4.78, 5) is 14.1. The average Bonchev–Trinajstić information content (AvgIpc) is 2.58. The lowest BCUT2D eigenvalue weighted by Gasteiger charge is -2.39. The van der Waals surface area contributed by atoms with Gasteiger partial charge in [0.05, 0.1) is 0 Å². The van der Waals surface area contributed by atoms with Gasteiger partial charge in [0.25, 0.3) is 0 Å². The lowest BCUT2D eigenvalue weighted by atomic mass is 9.81. The number of hydrogen-bond acceptors (Lipinski definition) is 3. The van der Waals surface area contributed by atoms with Crippen molar-refractivity contribution in [2.45, 2.75) is 51.5 Å². The van der Waals surface area contributed by atoms with Crippen LogP contribution in [0, 0.1) is 5.41 Å². The largest absolute Gasteiger partial charge is 0.303 e. The molecule has 0 bridgehead atoms. The van der Waals surface area contributed by atoms with Gasteiger partial charge in [0.1, 0.15) is 6.29 Å². The third-order valence-electron chi connectivity index (χ3n) is 4.37. The van der Waals surface area contributed by atoms with E-state index in [2.05, 4.69) is 11.8 Å². The molecule has 2 fully saturated rings. The molecule has 0 amide bonds. The Kier molecular flexibility index (Phi) is 4.92. The van der Waals surface area contributed by atoms with Gasteiger partial charge >= 0.3 is 0 Å². The molecule has 1 aliphatic carbocycles. The molecule has 0 aromatic carbocycles. The van der Waals surface area contributed by atoms with Gasteiger partial charge in [0, 0.05) is 36.1 Å². The van der Waals surface area contributed by atoms with Gasteiger partial charge in [-0.1, -0.05) is 25.7 Å². The Morgan fingerprint density at radius 2 is 2.00 bits per heavy atom. The van der Waals surface area contributed by atoms with Gasteiger partial charge in [-0.15, -0.1) is 0 Å². The van der Waals surface area contributed by atoms with Crippen LogP contribution in [0.25, 0.3) is 0 Å². The molecule has 0 spiro atoms. The Morgan fingerprint density at radius 3 is 2.59 bits per heavy atom. The Morgan fingerprint density at radius 1 is 1.29 bits per heavy atom. The molecule has 1 aliphatic heterocycles. The van der Waals surface area contributed by atoms with Crippen LogP contribution < -0.4 is 0 Å².